The fraction of sp³-hybridized carbons (Fsp3) is 0.353. The number of nitrogens with zero attached hydrogens (tertiary/aromatic N) is 1. The smallest absolute Gasteiger partial charge is 0.335 e. The molecule has 0 atom stereocenters. The number of aromatic nitrogens is 1. The number of rotatable bonds is 12. The first-order valence-electron chi connectivity index (χ1n) is 14.8. The molecular weight excluding hydrogens is 579 g/mol. The lowest BCUT2D eigenvalue weighted by molar-refractivity contribution is 0.0696. The van der Waals surface area contributed by atoms with Gasteiger partial charge in [0.1, 0.15) is 0 Å². The lowest BCUT2D eigenvalue weighted by atomic mass is 9.71. The van der Waals surface area contributed by atoms with Crippen molar-refractivity contribution in [3.63, 3.8) is 0 Å². The van der Waals surface area contributed by atoms with Crippen molar-refractivity contribution in [1.29, 1.82) is 0 Å². The molecule has 0 radical (unpaired) electrons. The third-order valence-corrected chi connectivity index (χ3v) is 10.7. The van der Waals surface area contributed by atoms with E-state index in [0.717, 1.165) is 34.9 Å². The summed E-state index contributed by atoms with van der Waals surface area (Å²) < 4.78 is 27.6. The number of benzene rings is 3. The molecule has 4 aromatic rings. The van der Waals surface area contributed by atoms with Gasteiger partial charge in [-0.25, -0.2) is 22.9 Å². The minimum atomic E-state index is -3.73. The van der Waals surface area contributed by atoms with Crippen molar-refractivity contribution in [2.45, 2.75) is 63.2 Å². The van der Waals surface area contributed by atoms with E-state index in [9.17, 15) is 13.2 Å². The third-order valence-electron chi connectivity index (χ3n) is 8.31. The van der Waals surface area contributed by atoms with E-state index in [2.05, 4.69) is 65.3 Å². The van der Waals surface area contributed by atoms with Gasteiger partial charge in [0.25, 0.3) is 0 Å². The highest BCUT2D eigenvalue weighted by molar-refractivity contribution is 7.89. The van der Waals surface area contributed by atoms with Gasteiger partial charge in [0, 0.05) is 36.1 Å². The van der Waals surface area contributed by atoms with Crippen molar-refractivity contribution in [3.8, 4) is 11.3 Å². The van der Waals surface area contributed by atoms with Crippen LogP contribution in [0.25, 0.3) is 11.3 Å². The summed E-state index contributed by atoms with van der Waals surface area (Å²) in [5, 5.41) is 15.3. The first kappa shape index (κ1) is 30.9. The van der Waals surface area contributed by atoms with Crippen LogP contribution in [0.1, 0.15) is 71.9 Å². The Morgan fingerprint density at radius 1 is 0.930 bits per heavy atom. The average Bonchev–Trinajstić information content (AvgIpc) is 3.47. The zero-order chi connectivity index (χ0) is 30.5. The molecule has 1 aliphatic rings. The first-order valence-corrected chi connectivity index (χ1v) is 17.1. The monoisotopic (exact) mass is 617 g/mol. The molecule has 3 N–H and O–H groups in total. The molecule has 7 nitrogen and oxygen atoms in total. The molecule has 1 aliphatic carbocycles. The predicted molar refractivity (Wildman–Crippen MR) is 173 cm³/mol. The number of carboxylic acids is 1. The van der Waals surface area contributed by atoms with Gasteiger partial charge in [-0.1, -0.05) is 50.2 Å². The number of anilines is 1. The Kier molecular flexibility index (Phi) is 9.64. The van der Waals surface area contributed by atoms with Gasteiger partial charge in [-0.05, 0) is 91.0 Å². The maximum Gasteiger partial charge on any atom is 0.335 e. The molecule has 0 saturated heterocycles. The molecule has 9 heteroatoms. The molecular formula is C34H39N3O4S2. The fourth-order valence-electron chi connectivity index (χ4n) is 5.51. The van der Waals surface area contributed by atoms with Gasteiger partial charge in [-0.15, -0.1) is 11.3 Å². The Bertz CT molecular complexity index is 1620. The topological polar surface area (TPSA) is 108 Å². The van der Waals surface area contributed by atoms with Crippen molar-refractivity contribution in [2.75, 3.05) is 18.4 Å². The van der Waals surface area contributed by atoms with Gasteiger partial charge >= 0.3 is 5.97 Å². The molecule has 3 aromatic carbocycles. The average molecular weight is 618 g/mol. The van der Waals surface area contributed by atoms with Crippen molar-refractivity contribution in [1.82, 2.24) is 9.71 Å². The van der Waals surface area contributed by atoms with Gasteiger partial charge in [-0.3, -0.25) is 0 Å². The lowest BCUT2D eigenvalue weighted by Crippen LogP contribution is -2.26. The molecule has 5 rings (SSSR count). The van der Waals surface area contributed by atoms with E-state index in [1.807, 2.05) is 17.5 Å². The minimum Gasteiger partial charge on any atom is -0.478 e. The van der Waals surface area contributed by atoms with E-state index in [1.54, 1.807) is 0 Å². The summed E-state index contributed by atoms with van der Waals surface area (Å²) in [6.07, 6.45) is 6.63. The molecule has 1 fully saturated rings. The van der Waals surface area contributed by atoms with Crippen LogP contribution in [0.2, 0.25) is 0 Å². The molecule has 0 bridgehead atoms. The van der Waals surface area contributed by atoms with Crippen molar-refractivity contribution in [2.24, 2.45) is 5.41 Å². The Morgan fingerprint density at radius 2 is 1.60 bits per heavy atom. The van der Waals surface area contributed by atoms with Crippen LogP contribution in [0.15, 0.2) is 83.1 Å². The van der Waals surface area contributed by atoms with E-state index < -0.39 is 16.0 Å². The molecule has 1 saturated carbocycles. The van der Waals surface area contributed by atoms with Crippen LogP contribution in [0, 0.1) is 5.41 Å². The highest BCUT2D eigenvalue weighted by Gasteiger charge is 2.27. The van der Waals surface area contributed by atoms with Crippen LogP contribution in [0.5, 0.6) is 0 Å². The zero-order valence-electron chi connectivity index (χ0n) is 24.7. The maximum absolute atomic E-state index is 12.5. The number of hydrogen-bond acceptors (Lipinski definition) is 6. The SMILES string of the molecule is CC1(C)CCC(c2ccc(CCNc3ccc(-c4csc(CCNS(=O)(=O)c5ccc(C(=O)O)cc5)n4)cc3)cc2)CC1. The number of sulfonamides is 1. The van der Waals surface area contributed by atoms with E-state index in [4.69, 9.17) is 5.11 Å². The van der Waals surface area contributed by atoms with Crippen LogP contribution in [-0.4, -0.2) is 37.6 Å². The lowest BCUT2D eigenvalue weighted by Gasteiger charge is -2.34. The third kappa shape index (κ3) is 8.31. The van der Waals surface area contributed by atoms with Gasteiger partial charge in [0.05, 0.1) is 21.2 Å². The van der Waals surface area contributed by atoms with E-state index >= 15 is 0 Å². The highest BCUT2D eigenvalue weighted by atomic mass is 32.2. The molecule has 0 unspecified atom stereocenters. The van der Waals surface area contributed by atoms with Crippen LogP contribution in [0.4, 0.5) is 5.69 Å². The molecule has 0 spiro atoms. The molecule has 0 amide bonds. The summed E-state index contributed by atoms with van der Waals surface area (Å²) in [6, 6.07) is 22.6. The second-order valence-corrected chi connectivity index (χ2v) is 14.7. The molecule has 226 valence electrons. The molecule has 43 heavy (non-hydrogen) atoms. The highest BCUT2D eigenvalue weighted by Crippen LogP contribution is 2.42. The standard InChI is InChI=1S/C34H39N3O4S2/c1-34(2)19-15-26(16-20-34)25-5-3-24(4-6-25)17-21-35-29-11-7-27(8-12-29)31-23-42-32(37-31)18-22-36-43(40,41)30-13-9-28(10-14-30)33(38)39/h3-14,23,26,35-36H,15-22H2,1-2H3,(H,38,39). The van der Waals surface area contributed by atoms with Crippen molar-refractivity contribution in [3.05, 3.63) is 99.9 Å². The number of carboxylic acid groups (broad SMARTS) is 1. The Labute approximate surface area is 258 Å². The normalized spacial score (nSPS) is 15.3. The van der Waals surface area contributed by atoms with Crippen LogP contribution < -0.4 is 10.0 Å². The summed E-state index contributed by atoms with van der Waals surface area (Å²) in [4.78, 5) is 15.7. The molecule has 1 heterocycles. The fourth-order valence-corrected chi connectivity index (χ4v) is 7.35. The van der Waals surface area contributed by atoms with Gasteiger partial charge in [0.15, 0.2) is 0 Å². The second kappa shape index (κ2) is 13.4. The van der Waals surface area contributed by atoms with Crippen molar-refractivity contribution >= 4 is 33.0 Å². The van der Waals surface area contributed by atoms with Crippen LogP contribution >= 0.6 is 11.3 Å². The summed E-state index contributed by atoms with van der Waals surface area (Å²) in [5.74, 6) is -0.394. The van der Waals surface area contributed by atoms with E-state index in [1.165, 1.54) is 72.4 Å². The van der Waals surface area contributed by atoms with Crippen LogP contribution in [-0.2, 0) is 22.9 Å². The predicted octanol–water partition coefficient (Wildman–Crippen LogP) is 7.37. The van der Waals surface area contributed by atoms with Gasteiger partial charge < -0.3 is 10.4 Å². The molecule has 0 aliphatic heterocycles. The summed E-state index contributed by atoms with van der Waals surface area (Å²) in [6.45, 7) is 5.83. The maximum atomic E-state index is 12.5. The minimum absolute atomic E-state index is 0.0304. The summed E-state index contributed by atoms with van der Waals surface area (Å²) in [7, 11) is -3.73. The van der Waals surface area contributed by atoms with E-state index in [0.29, 0.717) is 17.8 Å². The van der Waals surface area contributed by atoms with E-state index in [-0.39, 0.29) is 17.0 Å². The Balaban J connectivity index is 1.06. The van der Waals surface area contributed by atoms with Crippen LogP contribution in [0.3, 0.4) is 0 Å². The zero-order valence-corrected chi connectivity index (χ0v) is 26.3. The first-order chi connectivity index (χ1) is 20.6. The summed E-state index contributed by atoms with van der Waals surface area (Å²) >= 11 is 1.49. The van der Waals surface area contributed by atoms with Gasteiger partial charge in [0.2, 0.25) is 10.0 Å². The number of carbonyl (C=O) groups is 1. The molecule has 1 aromatic heterocycles. The Morgan fingerprint density at radius 3 is 2.26 bits per heavy atom. The number of aromatic carboxylic acids is 1. The summed E-state index contributed by atoms with van der Waals surface area (Å²) in [5.41, 5.74) is 6.30. The van der Waals surface area contributed by atoms with Crippen molar-refractivity contribution < 1.29 is 18.3 Å². The van der Waals surface area contributed by atoms with Gasteiger partial charge in [-0.2, -0.15) is 0 Å². The number of thiazole rings is 1. The number of nitrogens with one attached hydrogen (secondary N) is 2. The largest absolute Gasteiger partial charge is 0.478 e. The quantitative estimate of drug-likeness (QED) is 0.153. The second-order valence-electron chi connectivity index (χ2n) is 12.0. The Hall–Kier alpha value is -3.53. The number of hydrogen-bond donors (Lipinski definition) is 3.